The molecule has 3 amide bonds. The summed E-state index contributed by atoms with van der Waals surface area (Å²) in [6.45, 7) is 8.87. The molecule has 0 fully saturated rings. The molecule has 0 aliphatic rings. The van der Waals surface area contributed by atoms with Gasteiger partial charge in [0.25, 0.3) is 0 Å². The largest absolute Gasteiger partial charge is 0.348 e. The van der Waals surface area contributed by atoms with Crippen molar-refractivity contribution in [3.05, 3.63) is 41.8 Å². The van der Waals surface area contributed by atoms with Gasteiger partial charge in [-0.3, -0.25) is 14.4 Å². The number of rotatable bonds is 15. The Morgan fingerprint density at radius 1 is 0.816 bits per heavy atom. The zero-order valence-corrected chi connectivity index (χ0v) is 24.6. The fourth-order valence-corrected chi connectivity index (χ4v) is 5.42. The first-order chi connectivity index (χ1) is 17.5. The first-order valence-electron chi connectivity index (χ1n) is 12.5. The Labute approximate surface area is 226 Å². The molecule has 0 bridgehead atoms. The zero-order chi connectivity index (χ0) is 29.1. The van der Waals surface area contributed by atoms with Crippen molar-refractivity contribution in [1.82, 2.24) is 16.0 Å². The molecule has 0 heterocycles. The molecule has 3 N–H and O–H groups in total. The third-order valence-electron chi connectivity index (χ3n) is 5.43. The van der Waals surface area contributed by atoms with Gasteiger partial charge in [0.15, 0.2) is 9.84 Å². The van der Waals surface area contributed by atoms with E-state index in [1.807, 2.05) is 27.7 Å². The fourth-order valence-electron chi connectivity index (χ4n) is 3.65. The van der Waals surface area contributed by atoms with Gasteiger partial charge < -0.3 is 16.0 Å². The molecule has 214 valence electrons. The van der Waals surface area contributed by atoms with Crippen LogP contribution in [0.2, 0.25) is 0 Å². The van der Waals surface area contributed by atoms with Crippen molar-refractivity contribution < 1.29 is 31.2 Å². The Bertz CT molecular complexity index is 1180. The zero-order valence-electron chi connectivity index (χ0n) is 22.9. The highest BCUT2D eigenvalue weighted by atomic mass is 32.2. The number of benzene rings is 1. The van der Waals surface area contributed by atoms with E-state index < -0.39 is 49.6 Å². The van der Waals surface area contributed by atoms with E-state index in [9.17, 15) is 31.2 Å². The van der Waals surface area contributed by atoms with Crippen molar-refractivity contribution in [2.45, 2.75) is 76.9 Å². The molecule has 1 rings (SSSR count). The molecule has 1 aromatic rings. The molecule has 0 aliphatic carbocycles. The van der Waals surface area contributed by atoms with Gasteiger partial charge in [0.1, 0.15) is 21.9 Å². The van der Waals surface area contributed by atoms with Gasteiger partial charge in [0.05, 0.1) is 10.6 Å². The second kappa shape index (κ2) is 15.0. The van der Waals surface area contributed by atoms with Gasteiger partial charge in [-0.05, 0) is 43.2 Å². The molecule has 10 nitrogen and oxygen atoms in total. The summed E-state index contributed by atoms with van der Waals surface area (Å²) in [6.07, 6.45) is 2.89. The fraction of sp³-hybridized carbons (Fsp3) is 0.577. The van der Waals surface area contributed by atoms with E-state index in [-0.39, 0.29) is 41.2 Å². The number of hydrogen-bond acceptors (Lipinski definition) is 7. The van der Waals surface area contributed by atoms with E-state index in [0.29, 0.717) is 6.42 Å². The van der Waals surface area contributed by atoms with Crippen molar-refractivity contribution in [2.24, 2.45) is 11.8 Å². The van der Waals surface area contributed by atoms with Crippen LogP contribution in [-0.4, -0.2) is 64.7 Å². The second-order valence-corrected chi connectivity index (χ2v) is 14.4. The van der Waals surface area contributed by atoms with Crippen LogP contribution in [0.5, 0.6) is 0 Å². The summed E-state index contributed by atoms with van der Waals surface area (Å²) in [5.74, 6) is -1.64. The van der Waals surface area contributed by atoms with Crippen LogP contribution in [0.4, 0.5) is 0 Å². The summed E-state index contributed by atoms with van der Waals surface area (Å²) in [7, 11) is -7.23. The van der Waals surface area contributed by atoms with E-state index in [4.69, 9.17) is 0 Å². The lowest BCUT2D eigenvalue weighted by Gasteiger charge is -2.26. The molecule has 0 spiro atoms. The lowest BCUT2D eigenvalue weighted by molar-refractivity contribution is -0.132. The molecule has 0 saturated heterocycles. The maximum absolute atomic E-state index is 13.3. The molecule has 3 unspecified atom stereocenters. The topological polar surface area (TPSA) is 156 Å². The van der Waals surface area contributed by atoms with Gasteiger partial charge in [-0.25, -0.2) is 16.8 Å². The minimum absolute atomic E-state index is 0.0128. The highest BCUT2D eigenvalue weighted by Gasteiger charge is 2.28. The van der Waals surface area contributed by atoms with Crippen molar-refractivity contribution in [3.63, 3.8) is 0 Å². The van der Waals surface area contributed by atoms with Crippen LogP contribution in [0.3, 0.4) is 0 Å². The quantitative estimate of drug-likeness (QED) is 0.291. The maximum atomic E-state index is 13.3. The van der Waals surface area contributed by atoms with Crippen LogP contribution in [0.25, 0.3) is 0 Å². The maximum Gasteiger partial charge on any atom is 0.243 e. The van der Waals surface area contributed by atoms with Gasteiger partial charge in [0.2, 0.25) is 17.7 Å². The number of amides is 3. The van der Waals surface area contributed by atoms with E-state index in [2.05, 4.69) is 16.0 Å². The predicted octanol–water partition coefficient (Wildman–Crippen LogP) is 1.98. The summed E-state index contributed by atoms with van der Waals surface area (Å²) < 4.78 is 48.9. The van der Waals surface area contributed by atoms with Crippen molar-refractivity contribution in [2.75, 3.05) is 12.0 Å². The average molecular weight is 572 g/mol. The first kappa shape index (κ1) is 33.3. The Kier molecular flexibility index (Phi) is 13.2. The number of carbonyl (C=O) groups excluding carboxylic acids is 3. The molecule has 0 aliphatic heterocycles. The standard InChI is InChI=1S/C26H41N3O7S2/c1-18(2)16-23(27-20(5)30)26(32)29-24(17-19(3)4)25(31)28-21(12-14-37(6,33)34)13-15-38(35,36)22-10-8-7-9-11-22/h7-11,13,15,18-19,21,23-24H,12,14,16-17H2,1-6H3,(H,27,30)(H,28,31)(H,29,32). The van der Waals surface area contributed by atoms with Crippen molar-refractivity contribution in [3.8, 4) is 0 Å². The summed E-state index contributed by atoms with van der Waals surface area (Å²) in [4.78, 5) is 37.9. The predicted molar refractivity (Wildman–Crippen MR) is 147 cm³/mol. The average Bonchev–Trinajstić information content (AvgIpc) is 2.79. The molecule has 3 atom stereocenters. The number of hydrogen-bond donors (Lipinski definition) is 3. The monoisotopic (exact) mass is 571 g/mol. The normalized spacial score (nSPS) is 14.7. The second-order valence-electron chi connectivity index (χ2n) is 10.3. The number of nitrogens with one attached hydrogen (secondary N) is 3. The third-order valence-corrected chi connectivity index (χ3v) is 7.85. The third kappa shape index (κ3) is 13.2. The summed E-state index contributed by atoms with van der Waals surface area (Å²) in [6, 6.07) is 4.97. The van der Waals surface area contributed by atoms with Crippen LogP contribution < -0.4 is 16.0 Å². The van der Waals surface area contributed by atoms with E-state index in [0.717, 1.165) is 11.7 Å². The summed E-state index contributed by atoms with van der Waals surface area (Å²) >= 11 is 0. The first-order valence-corrected chi connectivity index (χ1v) is 16.1. The Hall–Kier alpha value is -2.73. The van der Waals surface area contributed by atoms with Gasteiger partial charge in [0, 0.05) is 24.6 Å². The van der Waals surface area contributed by atoms with Crippen LogP contribution in [0.15, 0.2) is 46.7 Å². The lowest BCUT2D eigenvalue weighted by atomic mass is 9.99. The molecule has 1 aromatic carbocycles. The SMILES string of the molecule is CC(=O)NC(CC(C)C)C(=O)NC(CC(C)C)C(=O)NC(C=CS(=O)(=O)c1ccccc1)CCS(C)(=O)=O. The van der Waals surface area contributed by atoms with Gasteiger partial charge >= 0.3 is 0 Å². The van der Waals surface area contributed by atoms with E-state index in [1.54, 1.807) is 18.2 Å². The Balaban J connectivity index is 3.18. The van der Waals surface area contributed by atoms with Gasteiger partial charge in [-0.1, -0.05) is 52.0 Å². The van der Waals surface area contributed by atoms with Crippen LogP contribution in [-0.2, 0) is 34.1 Å². The minimum atomic E-state index is -3.83. The van der Waals surface area contributed by atoms with Crippen molar-refractivity contribution in [1.29, 1.82) is 0 Å². The number of carbonyl (C=O) groups is 3. The number of sulfone groups is 2. The lowest BCUT2D eigenvalue weighted by Crippen LogP contribution is -2.55. The molecule has 0 radical (unpaired) electrons. The molecule has 12 heteroatoms. The highest BCUT2D eigenvalue weighted by molar-refractivity contribution is 7.94. The molecular formula is C26H41N3O7S2. The highest BCUT2D eigenvalue weighted by Crippen LogP contribution is 2.13. The van der Waals surface area contributed by atoms with Gasteiger partial charge in [-0.15, -0.1) is 0 Å². The Morgan fingerprint density at radius 2 is 1.32 bits per heavy atom. The van der Waals surface area contributed by atoms with Crippen LogP contribution >= 0.6 is 0 Å². The van der Waals surface area contributed by atoms with Crippen molar-refractivity contribution >= 4 is 37.4 Å². The smallest absolute Gasteiger partial charge is 0.243 e. The summed E-state index contributed by atoms with van der Waals surface area (Å²) in [5, 5.41) is 8.95. The molecule has 0 saturated carbocycles. The minimum Gasteiger partial charge on any atom is -0.348 e. The van der Waals surface area contributed by atoms with Gasteiger partial charge in [-0.2, -0.15) is 0 Å². The molecule has 0 aromatic heterocycles. The summed E-state index contributed by atoms with van der Waals surface area (Å²) in [5.41, 5.74) is 0. The van der Waals surface area contributed by atoms with E-state index >= 15 is 0 Å². The Morgan fingerprint density at radius 3 is 1.79 bits per heavy atom. The molecule has 38 heavy (non-hydrogen) atoms. The van der Waals surface area contributed by atoms with Crippen LogP contribution in [0.1, 0.15) is 53.9 Å². The van der Waals surface area contributed by atoms with Crippen LogP contribution in [0, 0.1) is 11.8 Å². The molecular weight excluding hydrogens is 530 g/mol. The van der Waals surface area contributed by atoms with E-state index in [1.165, 1.54) is 25.1 Å².